The molecule has 0 fully saturated rings. The second kappa shape index (κ2) is 8.59. The second-order valence-electron chi connectivity index (χ2n) is 4.98. The molecule has 0 heterocycles. The van der Waals surface area contributed by atoms with Gasteiger partial charge in [-0.3, -0.25) is 0 Å². The molecule has 0 saturated heterocycles. The van der Waals surface area contributed by atoms with Crippen LogP contribution in [0.2, 0.25) is 0 Å². The van der Waals surface area contributed by atoms with Crippen molar-refractivity contribution in [1.29, 1.82) is 5.26 Å². The van der Waals surface area contributed by atoms with Gasteiger partial charge >= 0.3 is 12.6 Å². The van der Waals surface area contributed by atoms with Gasteiger partial charge < -0.3 is 15.4 Å². The van der Waals surface area contributed by atoms with E-state index in [1.165, 1.54) is 30.3 Å². The highest BCUT2D eigenvalue weighted by atomic mass is 19.3. The van der Waals surface area contributed by atoms with Crippen LogP contribution in [0.15, 0.2) is 42.5 Å². The number of urea groups is 1. The zero-order valence-corrected chi connectivity index (χ0v) is 12.9. The molecule has 0 spiro atoms. The summed E-state index contributed by atoms with van der Waals surface area (Å²) in [7, 11) is 0. The van der Waals surface area contributed by atoms with Crippen molar-refractivity contribution in [1.82, 2.24) is 10.6 Å². The first-order valence-electron chi connectivity index (χ1n) is 7.22. The number of benzene rings is 2. The Labute approximate surface area is 142 Å². The molecule has 0 aliphatic heterocycles. The van der Waals surface area contributed by atoms with Crippen molar-refractivity contribution in [3.05, 3.63) is 65.0 Å². The standard InChI is InChI=1S/C17H14F3N3O2/c18-15-7-11(8-21)4-5-13(15)10-23-17(24)22-9-12-2-1-3-14(6-12)25-16(19)20/h1-7,16H,9-10H2,(H2,22,23,24). The van der Waals surface area contributed by atoms with E-state index < -0.39 is 18.5 Å². The molecule has 0 aliphatic carbocycles. The number of amides is 2. The Balaban J connectivity index is 1.84. The van der Waals surface area contributed by atoms with Crippen molar-refractivity contribution in [2.75, 3.05) is 0 Å². The summed E-state index contributed by atoms with van der Waals surface area (Å²) < 4.78 is 42.3. The molecule has 8 heteroatoms. The maximum atomic E-state index is 13.7. The van der Waals surface area contributed by atoms with Gasteiger partial charge in [-0.2, -0.15) is 14.0 Å². The maximum Gasteiger partial charge on any atom is 0.387 e. The van der Waals surface area contributed by atoms with E-state index in [0.29, 0.717) is 5.56 Å². The Morgan fingerprint density at radius 2 is 1.92 bits per heavy atom. The highest BCUT2D eigenvalue weighted by Gasteiger charge is 2.07. The van der Waals surface area contributed by atoms with Crippen molar-refractivity contribution < 1.29 is 22.7 Å². The molecule has 2 rings (SSSR count). The molecule has 0 atom stereocenters. The minimum Gasteiger partial charge on any atom is -0.435 e. The molecule has 0 aliphatic rings. The molecule has 25 heavy (non-hydrogen) atoms. The Kier molecular flexibility index (Phi) is 6.23. The van der Waals surface area contributed by atoms with Crippen LogP contribution in [0.25, 0.3) is 0 Å². The van der Waals surface area contributed by atoms with Crippen LogP contribution in [0, 0.1) is 17.1 Å². The third-order valence-corrected chi connectivity index (χ3v) is 3.20. The van der Waals surface area contributed by atoms with Gasteiger partial charge in [-0.05, 0) is 29.8 Å². The normalized spacial score (nSPS) is 10.2. The summed E-state index contributed by atoms with van der Waals surface area (Å²) in [5.41, 5.74) is 0.996. The number of hydrogen-bond donors (Lipinski definition) is 2. The number of nitrogens with zero attached hydrogens (tertiary/aromatic N) is 1. The van der Waals surface area contributed by atoms with Gasteiger partial charge in [0.25, 0.3) is 0 Å². The molecule has 5 nitrogen and oxygen atoms in total. The Hall–Kier alpha value is -3.21. The van der Waals surface area contributed by atoms with Crippen LogP contribution in [0.4, 0.5) is 18.0 Å². The predicted molar refractivity (Wildman–Crippen MR) is 83.3 cm³/mol. The number of rotatable bonds is 6. The van der Waals surface area contributed by atoms with Crippen LogP contribution in [0.3, 0.4) is 0 Å². The minimum absolute atomic E-state index is 0.00522. The predicted octanol–water partition coefficient (Wildman–Crippen LogP) is 3.30. The summed E-state index contributed by atoms with van der Waals surface area (Å²) in [5.74, 6) is -0.592. The fraction of sp³-hybridized carbons (Fsp3) is 0.176. The van der Waals surface area contributed by atoms with E-state index in [0.717, 1.165) is 6.07 Å². The lowest BCUT2D eigenvalue weighted by Gasteiger charge is -2.10. The third kappa shape index (κ3) is 5.73. The minimum atomic E-state index is -2.92. The summed E-state index contributed by atoms with van der Waals surface area (Å²) in [5, 5.41) is 13.7. The molecular weight excluding hydrogens is 335 g/mol. The Morgan fingerprint density at radius 1 is 1.16 bits per heavy atom. The van der Waals surface area contributed by atoms with Crippen LogP contribution in [-0.2, 0) is 13.1 Å². The van der Waals surface area contributed by atoms with Crippen molar-refractivity contribution in [3.63, 3.8) is 0 Å². The molecule has 0 bridgehead atoms. The molecule has 0 saturated carbocycles. The second-order valence-corrected chi connectivity index (χ2v) is 4.98. The molecule has 0 unspecified atom stereocenters. The van der Waals surface area contributed by atoms with E-state index in [1.54, 1.807) is 6.07 Å². The number of hydrogen-bond acceptors (Lipinski definition) is 3. The Morgan fingerprint density at radius 3 is 2.60 bits per heavy atom. The van der Waals surface area contributed by atoms with E-state index in [1.807, 2.05) is 6.07 Å². The van der Waals surface area contributed by atoms with Gasteiger partial charge in [-0.25, -0.2) is 9.18 Å². The van der Waals surface area contributed by atoms with Crippen molar-refractivity contribution in [2.24, 2.45) is 0 Å². The summed E-state index contributed by atoms with van der Waals surface area (Å²) in [6, 6.07) is 11.1. The molecule has 0 radical (unpaired) electrons. The lowest BCUT2D eigenvalue weighted by atomic mass is 10.1. The zero-order chi connectivity index (χ0) is 18.2. The number of alkyl halides is 2. The van der Waals surface area contributed by atoms with Crippen LogP contribution in [0.5, 0.6) is 5.75 Å². The van der Waals surface area contributed by atoms with Crippen LogP contribution in [0.1, 0.15) is 16.7 Å². The molecule has 0 aromatic heterocycles. The van der Waals surface area contributed by atoms with E-state index in [9.17, 15) is 18.0 Å². The smallest absolute Gasteiger partial charge is 0.387 e. The van der Waals surface area contributed by atoms with Gasteiger partial charge in [0.1, 0.15) is 11.6 Å². The lowest BCUT2D eigenvalue weighted by molar-refractivity contribution is -0.0498. The molecule has 130 valence electrons. The molecular formula is C17H14F3N3O2. The van der Waals surface area contributed by atoms with Crippen LogP contribution in [-0.4, -0.2) is 12.6 Å². The van der Waals surface area contributed by atoms with Gasteiger partial charge in [0.05, 0.1) is 11.6 Å². The molecule has 2 amide bonds. The summed E-state index contributed by atoms with van der Waals surface area (Å²) in [6.45, 7) is -2.89. The molecule has 2 aromatic carbocycles. The van der Waals surface area contributed by atoms with E-state index in [2.05, 4.69) is 15.4 Å². The van der Waals surface area contributed by atoms with E-state index >= 15 is 0 Å². The van der Waals surface area contributed by atoms with E-state index in [4.69, 9.17) is 5.26 Å². The highest BCUT2D eigenvalue weighted by molar-refractivity contribution is 5.73. The number of nitrogens with one attached hydrogen (secondary N) is 2. The topological polar surface area (TPSA) is 74.2 Å². The number of carbonyl (C=O) groups excluding carboxylic acids is 1. The zero-order valence-electron chi connectivity index (χ0n) is 12.9. The molecule has 2 N–H and O–H groups in total. The quantitative estimate of drug-likeness (QED) is 0.840. The van der Waals surface area contributed by atoms with Gasteiger partial charge in [-0.15, -0.1) is 0 Å². The maximum absolute atomic E-state index is 13.7. The Bertz CT molecular complexity index is 791. The number of nitriles is 1. The first-order chi connectivity index (χ1) is 12.0. The SMILES string of the molecule is N#Cc1ccc(CNC(=O)NCc2cccc(OC(F)F)c2)c(F)c1. The van der Waals surface area contributed by atoms with Crippen molar-refractivity contribution in [3.8, 4) is 11.8 Å². The lowest BCUT2D eigenvalue weighted by Crippen LogP contribution is -2.34. The average Bonchev–Trinajstić information content (AvgIpc) is 2.58. The van der Waals surface area contributed by atoms with Crippen molar-refractivity contribution in [2.45, 2.75) is 19.7 Å². The summed E-state index contributed by atoms with van der Waals surface area (Å²) in [6.07, 6.45) is 0. The van der Waals surface area contributed by atoms with Crippen LogP contribution >= 0.6 is 0 Å². The number of carbonyl (C=O) groups is 1. The number of ether oxygens (including phenoxy) is 1. The summed E-state index contributed by atoms with van der Waals surface area (Å²) in [4.78, 5) is 11.7. The fourth-order valence-electron chi connectivity index (χ4n) is 2.01. The van der Waals surface area contributed by atoms with E-state index in [-0.39, 0.29) is 30.0 Å². The van der Waals surface area contributed by atoms with Gasteiger partial charge in [0.15, 0.2) is 0 Å². The van der Waals surface area contributed by atoms with Gasteiger partial charge in [0, 0.05) is 18.7 Å². The van der Waals surface area contributed by atoms with Gasteiger partial charge in [-0.1, -0.05) is 18.2 Å². The highest BCUT2D eigenvalue weighted by Crippen LogP contribution is 2.15. The first-order valence-corrected chi connectivity index (χ1v) is 7.22. The third-order valence-electron chi connectivity index (χ3n) is 3.20. The fourth-order valence-corrected chi connectivity index (χ4v) is 2.01. The van der Waals surface area contributed by atoms with Crippen LogP contribution < -0.4 is 15.4 Å². The molecule has 2 aromatic rings. The van der Waals surface area contributed by atoms with Crippen molar-refractivity contribution >= 4 is 6.03 Å². The first kappa shape index (κ1) is 18.1. The number of halogens is 3. The largest absolute Gasteiger partial charge is 0.435 e. The van der Waals surface area contributed by atoms with Gasteiger partial charge in [0.2, 0.25) is 0 Å². The summed E-state index contributed by atoms with van der Waals surface area (Å²) >= 11 is 0. The monoisotopic (exact) mass is 349 g/mol. The average molecular weight is 349 g/mol.